The van der Waals surface area contributed by atoms with Gasteiger partial charge in [-0.25, -0.2) is 0 Å². The molecule has 0 spiro atoms. The Hall–Kier alpha value is -1.58. The van der Waals surface area contributed by atoms with Crippen molar-refractivity contribution in [1.29, 1.82) is 0 Å². The molecule has 0 saturated heterocycles. The van der Waals surface area contributed by atoms with Crippen LogP contribution in [0.15, 0.2) is 54.5 Å². The Morgan fingerprint density at radius 1 is 1.00 bits per heavy atom. The second-order valence-electron chi connectivity index (χ2n) is 2.96. The summed E-state index contributed by atoms with van der Waals surface area (Å²) in [4.78, 5) is 0. The van der Waals surface area contributed by atoms with Gasteiger partial charge in [-0.1, -0.05) is 54.5 Å². The van der Waals surface area contributed by atoms with E-state index >= 15 is 0 Å². The Morgan fingerprint density at radius 3 is 2.33 bits per heavy atom. The zero-order chi connectivity index (χ0) is 15.0. The predicted molar refractivity (Wildman–Crippen MR) is 61.7 cm³/mol. The van der Waals surface area contributed by atoms with Crippen molar-refractivity contribution in [3.05, 3.63) is 54.5 Å². The van der Waals surface area contributed by atoms with Crippen LogP contribution in [0.1, 0.15) is 6.85 Å². The summed E-state index contributed by atoms with van der Waals surface area (Å²) in [5.74, 6) is 0. The molecule has 0 fully saturated rings. The highest BCUT2D eigenvalue weighted by molar-refractivity contribution is 6.60. The van der Waals surface area contributed by atoms with E-state index in [9.17, 15) is 10.0 Å². The minimum absolute atomic E-state index is 0.0419. The Morgan fingerprint density at radius 2 is 1.67 bits per heavy atom. The molecule has 0 heterocycles. The average Bonchev–Trinajstić information content (AvgIpc) is 2.43. The van der Waals surface area contributed by atoms with E-state index in [1.165, 1.54) is 12.1 Å². The molecule has 0 aliphatic carbocycles. The van der Waals surface area contributed by atoms with E-state index in [0.717, 1.165) is 0 Å². The highest BCUT2D eigenvalue weighted by atomic mass is 16.4. The lowest BCUT2D eigenvalue weighted by atomic mass is 9.75. The van der Waals surface area contributed by atoms with Gasteiger partial charge in [0.05, 0.1) is 6.85 Å². The van der Waals surface area contributed by atoms with Gasteiger partial charge in [-0.05, 0) is 16.6 Å². The molecule has 0 aromatic heterocycles. The van der Waals surface area contributed by atoms with Crippen molar-refractivity contribution in [1.82, 2.24) is 0 Å². The smallest absolute Gasteiger partial charge is 0.423 e. The maximum Gasteiger partial charge on any atom is 0.489 e. The molecule has 0 atom stereocenters. The van der Waals surface area contributed by atoms with Gasteiger partial charge in [0.15, 0.2) is 0 Å². The maximum absolute atomic E-state index is 9.34. The molecule has 15 heavy (non-hydrogen) atoms. The van der Waals surface area contributed by atoms with Crippen molar-refractivity contribution >= 4 is 12.6 Å². The number of hydrogen-bond acceptors (Lipinski definition) is 2. The monoisotopic (exact) mass is 203 g/mol. The Bertz CT molecular complexity index is 646. The van der Waals surface area contributed by atoms with Gasteiger partial charge in [0.1, 0.15) is 0 Å². The molecule has 3 heteroatoms. The summed E-state index contributed by atoms with van der Waals surface area (Å²) in [7, 11) is -1.79. The van der Waals surface area contributed by atoms with Crippen LogP contribution in [-0.2, 0) is 0 Å². The van der Waals surface area contributed by atoms with Gasteiger partial charge in [0, 0.05) is 0 Å². The summed E-state index contributed by atoms with van der Waals surface area (Å²) in [5.41, 5.74) is 0.255. The molecule has 0 saturated carbocycles. The van der Waals surface area contributed by atoms with Crippen LogP contribution in [0, 0.1) is 0 Å². The molecule has 0 bridgehead atoms. The molecule has 2 aromatic carbocycles. The topological polar surface area (TPSA) is 40.5 Å². The molecular formula is C12H11BO2. The molecular weight excluding hydrogens is 187 g/mol. The van der Waals surface area contributed by atoms with Crippen molar-refractivity contribution in [2.75, 3.05) is 0 Å². The Labute approximate surface area is 96.0 Å². The Balaban J connectivity index is 2.84. The second-order valence-corrected chi connectivity index (χ2v) is 2.96. The Kier molecular flexibility index (Phi) is 1.57. The quantitative estimate of drug-likeness (QED) is 0.715. The summed E-state index contributed by atoms with van der Waals surface area (Å²) in [5, 5.41) is 18.7. The third-order valence-corrected chi connectivity index (χ3v) is 2.01. The lowest BCUT2D eigenvalue weighted by Crippen LogP contribution is -2.31. The summed E-state index contributed by atoms with van der Waals surface area (Å²) >= 11 is 0. The lowest BCUT2D eigenvalue weighted by Gasteiger charge is -2.08. The number of rotatable bonds is 2. The normalized spacial score (nSPS) is 14.7. The fourth-order valence-electron chi connectivity index (χ4n) is 1.33. The van der Waals surface area contributed by atoms with E-state index in [0.29, 0.717) is 0 Å². The standard InChI is InChI=1S/C12H11BO2/c14-13(15)12-9-5-4-8-11(12)10-6-2-1-3-7-10/h1-9,14-15H/i1D,2D,3D,6D,7D. The maximum atomic E-state index is 9.34. The highest BCUT2D eigenvalue weighted by Gasteiger charge is 2.15. The fraction of sp³-hybridized carbons (Fsp3) is 0. The minimum atomic E-state index is -1.79. The largest absolute Gasteiger partial charge is 0.489 e. The van der Waals surface area contributed by atoms with Crippen molar-refractivity contribution in [3.8, 4) is 11.1 Å². The zero-order valence-electron chi connectivity index (χ0n) is 12.8. The molecule has 0 aliphatic rings. The molecule has 0 radical (unpaired) electrons. The van der Waals surface area contributed by atoms with E-state index in [1.54, 1.807) is 12.1 Å². The molecule has 0 unspecified atom stereocenters. The molecule has 2 aromatic rings. The first-order valence-electron chi connectivity index (χ1n) is 6.88. The first kappa shape index (κ1) is 5.49. The lowest BCUT2D eigenvalue weighted by molar-refractivity contribution is 0.426. The van der Waals surface area contributed by atoms with E-state index in [4.69, 9.17) is 6.85 Å². The van der Waals surface area contributed by atoms with Crippen LogP contribution in [0.25, 0.3) is 11.1 Å². The van der Waals surface area contributed by atoms with Crippen molar-refractivity contribution in [2.45, 2.75) is 0 Å². The fourth-order valence-corrected chi connectivity index (χ4v) is 1.33. The van der Waals surface area contributed by atoms with Crippen LogP contribution < -0.4 is 5.46 Å². The van der Waals surface area contributed by atoms with Gasteiger partial charge in [-0.3, -0.25) is 0 Å². The summed E-state index contributed by atoms with van der Waals surface area (Å²) < 4.78 is 38.6. The number of hydrogen-bond donors (Lipinski definition) is 2. The van der Waals surface area contributed by atoms with Gasteiger partial charge >= 0.3 is 7.12 Å². The van der Waals surface area contributed by atoms with E-state index in [1.807, 2.05) is 0 Å². The highest BCUT2D eigenvalue weighted by Crippen LogP contribution is 2.16. The first-order chi connectivity index (χ1) is 9.36. The van der Waals surface area contributed by atoms with Crippen LogP contribution in [0.4, 0.5) is 0 Å². The van der Waals surface area contributed by atoms with Gasteiger partial charge in [-0.2, -0.15) is 0 Å². The van der Waals surface area contributed by atoms with Gasteiger partial charge in [-0.15, -0.1) is 0 Å². The summed E-state index contributed by atoms with van der Waals surface area (Å²) in [6.45, 7) is 0. The van der Waals surface area contributed by atoms with Crippen LogP contribution in [0.5, 0.6) is 0 Å². The van der Waals surface area contributed by atoms with E-state index < -0.39 is 25.2 Å². The van der Waals surface area contributed by atoms with E-state index in [-0.39, 0.29) is 28.7 Å². The molecule has 2 N–H and O–H groups in total. The van der Waals surface area contributed by atoms with Crippen molar-refractivity contribution < 1.29 is 16.9 Å². The van der Waals surface area contributed by atoms with Gasteiger partial charge in [0.25, 0.3) is 0 Å². The third kappa shape index (κ3) is 2.09. The predicted octanol–water partition coefficient (Wildman–Crippen LogP) is 1.03. The van der Waals surface area contributed by atoms with Gasteiger partial charge < -0.3 is 10.0 Å². The summed E-state index contributed by atoms with van der Waals surface area (Å²) in [6, 6.07) is 3.96. The van der Waals surface area contributed by atoms with Crippen LogP contribution in [0.2, 0.25) is 0 Å². The van der Waals surface area contributed by atoms with Crippen LogP contribution in [0.3, 0.4) is 0 Å². The average molecular weight is 203 g/mol. The third-order valence-electron chi connectivity index (χ3n) is 2.01. The SMILES string of the molecule is [2H]c1c([2H])c([2H])c(-c2ccccc2B(O)O)c([2H])c1[2H]. The van der Waals surface area contributed by atoms with Crippen molar-refractivity contribution in [2.24, 2.45) is 0 Å². The first-order valence-corrected chi connectivity index (χ1v) is 4.38. The summed E-state index contributed by atoms with van der Waals surface area (Å²) in [6.07, 6.45) is 0. The molecule has 74 valence electrons. The number of benzene rings is 2. The molecule has 0 aliphatic heterocycles. The molecule has 0 amide bonds. The van der Waals surface area contributed by atoms with Crippen molar-refractivity contribution in [3.63, 3.8) is 0 Å². The zero-order valence-corrected chi connectivity index (χ0v) is 7.78. The van der Waals surface area contributed by atoms with Crippen LogP contribution in [-0.4, -0.2) is 17.2 Å². The molecule has 2 nitrogen and oxygen atoms in total. The van der Waals surface area contributed by atoms with Crippen LogP contribution >= 0.6 is 0 Å². The van der Waals surface area contributed by atoms with Gasteiger partial charge in [0.2, 0.25) is 0 Å². The van der Waals surface area contributed by atoms with E-state index in [2.05, 4.69) is 0 Å². The minimum Gasteiger partial charge on any atom is -0.423 e. The molecule has 2 rings (SSSR count). The second kappa shape index (κ2) is 4.30.